The summed E-state index contributed by atoms with van der Waals surface area (Å²) < 4.78 is 0. The van der Waals surface area contributed by atoms with E-state index in [4.69, 9.17) is 0 Å². The van der Waals surface area contributed by atoms with Gasteiger partial charge in [-0.3, -0.25) is 0 Å². The molecule has 1 unspecified atom stereocenters. The van der Waals surface area contributed by atoms with Gasteiger partial charge in [0.25, 0.3) is 0 Å². The summed E-state index contributed by atoms with van der Waals surface area (Å²) in [5, 5.41) is 0. The molecule has 1 aliphatic carbocycles. The number of rotatable bonds is 3. The molecular formula is C23H20. The molecule has 0 N–H and O–H groups in total. The predicted octanol–water partition coefficient (Wildman–Crippen LogP) is 6.07. The summed E-state index contributed by atoms with van der Waals surface area (Å²) in [5.41, 5.74) is 8.31. The molecule has 23 heavy (non-hydrogen) atoms. The van der Waals surface area contributed by atoms with E-state index in [9.17, 15) is 0 Å². The van der Waals surface area contributed by atoms with E-state index in [-0.39, 0.29) is 0 Å². The molecule has 0 radical (unpaired) electrons. The Labute approximate surface area is 138 Å². The summed E-state index contributed by atoms with van der Waals surface area (Å²) in [5.74, 6) is 0.355. The average molecular weight is 296 g/mol. The molecule has 0 nitrogen and oxygen atoms in total. The Hall–Kier alpha value is -2.60. The lowest BCUT2D eigenvalue weighted by atomic mass is 9.86. The van der Waals surface area contributed by atoms with Gasteiger partial charge in [-0.1, -0.05) is 91.9 Å². The summed E-state index contributed by atoms with van der Waals surface area (Å²) in [7, 11) is 0. The van der Waals surface area contributed by atoms with E-state index < -0.39 is 0 Å². The van der Waals surface area contributed by atoms with E-state index >= 15 is 0 Å². The zero-order valence-corrected chi connectivity index (χ0v) is 13.4. The van der Waals surface area contributed by atoms with Crippen molar-refractivity contribution in [2.45, 2.75) is 19.3 Å². The molecule has 0 heteroatoms. The van der Waals surface area contributed by atoms with Crippen molar-refractivity contribution >= 4 is 6.08 Å². The molecule has 4 rings (SSSR count). The first-order valence-electron chi connectivity index (χ1n) is 8.33. The minimum absolute atomic E-state index is 0.355. The Kier molecular flexibility index (Phi) is 3.59. The third-order valence-electron chi connectivity index (χ3n) is 4.78. The zero-order valence-electron chi connectivity index (χ0n) is 13.4. The summed E-state index contributed by atoms with van der Waals surface area (Å²) in [4.78, 5) is 0. The molecule has 3 aromatic rings. The Morgan fingerprint density at radius 2 is 1.48 bits per heavy atom. The molecule has 0 spiro atoms. The molecule has 0 fully saturated rings. The summed E-state index contributed by atoms with van der Waals surface area (Å²) >= 11 is 0. The van der Waals surface area contributed by atoms with Gasteiger partial charge >= 0.3 is 0 Å². The van der Waals surface area contributed by atoms with E-state index in [1.54, 1.807) is 0 Å². The third-order valence-corrected chi connectivity index (χ3v) is 4.78. The molecule has 1 atom stereocenters. The van der Waals surface area contributed by atoms with E-state index in [1.165, 1.54) is 33.4 Å². The fourth-order valence-corrected chi connectivity index (χ4v) is 3.63. The van der Waals surface area contributed by atoms with Gasteiger partial charge in [-0.05, 0) is 39.8 Å². The van der Waals surface area contributed by atoms with Gasteiger partial charge < -0.3 is 0 Å². The van der Waals surface area contributed by atoms with Crippen LogP contribution in [0.25, 0.3) is 17.2 Å². The highest BCUT2D eigenvalue weighted by molar-refractivity contribution is 5.74. The van der Waals surface area contributed by atoms with Crippen LogP contribution in [0.2, 0.25) is 0 Å². The van der Waals surface area contributed by atoms with Crippen LogP contribution in [0.3, 0.4) is 0 Å². The number of fused-ring (bicyclic) bond motifs is 1. The summed E-state index contributed by atoms with van der Waals surface area (Å²) in [6.07, 6.45) is 5.74. The van der Waals surface area contributed by atoms with E-state index in [0.717, 1.165) is 6.42 Å². The second-order valence-corrected chi connectivity index (χ2v) is 6.06. The second kappa shape index (κ2) is 5.89. The predicted molar refractivity (Wildman–Crippen MR) is 98.6 cm³/mol. The van der Waals surface area contributed by atoms with E-state index in [0.29, 0.717) is 5.92 Å². The van der Waals surface area contributed by atoms with Gasteiger partial charge in [-0.2, -0.15) is 0 Å². The lowest BCUT2D eigenvalue weighted by Crippen LogP contribution is -2.00. The van der Waals surface area contributed by atoms with Crippen LogP contribution in [-0.2, 0) is 6.42 Å². The first-order chi connectivity index (χ1) is 11.4. The van der Waals surface area contributed by atoms with Crippen LogP contribution in [0.4, 0.5) is 0 Å². The minimum Gasteiger partial charge on any atom is -0.0720 e. The van der Waals surface area contributed by atoms with Crippen LogP contribution in [0.15, 0.2) is 78.9 Å². The number of aryl methyl sites for hydroxylation is 1. The van der Waals surface area contributed by atoms with Gasteiger partial charge in [0.2, 0.25) is 0 Å². The third kappa shape index (κ3) is 2.41. The van der Waals surface area contributed by atoms with Gasteiger partial charge in [-0.15, -0.1) is 0 Å². The highest BCUT2D eigenvalue weighted by atomic mass is 14.3. The highest BCUT2D eigenvalue weighted by Gasteiger charge is 2.22. The van der Waals surface area contributed by atoms with Gasteiger partial charge in [0.05, 0.1) is 0 Å². The molecular weight excluding hydrogens is 276 g/mol. The van der Waals surface area contributed by atoms with Crippen molar-refractivity contribution in [3.05, 3.63) is 101 Å². The number of hydrogen-bond acceptors (Lipinski definition) is 0. The maximum absolute atomic E-state index is 2.35. The Balaban J connectivity index is 1.85. The van der Waals surface area contributed by atoms with Crippen molar-refractivity contribution in [2.75, 3.05) is 0 Å². The molecule has 0 heterocycles. The fourth-order valence-electron chi connectivity index (χ4n) is 3.63. The average Bonchev–Trinajstić information content (AvgIpc) is 3.06. The molecule has 112 valence electrons. The number of benzene rings is 3. The normalized spacial score (nSPS) is 15.6. The fraction of sp³-hybridized carbons (Fsp3) is 0.130. The van der Waals surface area contributed by atoms with Crippen molar-refractivity contribution < 1.29 is 0 Å². The van der Waals surface area contributed by atoms with Crippen molar-refractivity contribution in [1.82, 2.24) is 0 Å². The summed E-state index contributed by atoms with van der Waals surface area (Å²) in [6.45, 7) is 2.23. The summed E-state index contributed by atoms with van der Waals surface area (Å²) in [6, 6.07) is 26.2. The second-order valence-electron chi connectivity index (χ2n) is 6.06. The van der Waals surface area contributed by atoms with Crippen LogP contribution < -0.4 is 0 Å². The number of allylic oxidation sites excluding steroid dienone is 1. The SMILES string of the molecule is CCc1cccc2c1C=CC2c1ccccc1-c1ccccc1. The lowest BCUT2D eigenvalue weighted by Gasteiger charge is -2.17. The lowest BCUT2D eigenvalue weighted by molar-refractivity contribution is 1.04. The van der Waals surface area contributed by atoms with Gasteiger partial charge in [0, 0.05) is 5.92 Å². The maximum Gasteiger partial charge on any atom is 0.0285 e. The van der Waals surface area contributed by atoms with Crippen molar-refractivity contribution in [2.24, 2.45) is 0 Å². The standard InChI is InChI=1S/C23H20/c1-2-17-11-8-14-22-20(17)15-16-23(22)21-13-7-6-12-19(21)18-9-4-3-5-10-18/h3-16,23H,2H2,1H3. The largest absolute Gasteiger partial charge is 0.0720 e. The van der Waals surface area contributed by atoms with Gasteiger partial charge in [0.1, 0.15) is 0 Å². The molecule has 0 bridgehead atoms. The van der Waals surface area contributed by atoms with E-state index in [2.05, 4.69) is 91.9 Å². The highest BCUT2D eigenvalue weighted by Crippen LogP contribution is 2.40. The van der Waals surface area contributed by atoms with Crippen LogP contribution in [-0.4, -0.2) is 0 Å². The molecule has 0 aromatic heterocycles. The molecule has 0 saturated heterocycles. The van der Waals surface area contributed by atoms with Crippen LogP contribution >= 0.6 is 0 Å². The minimum atomic E-state index is 0.355. The Morgan fingerprint density at radius 1 is 0.739 bits per heavy atom. The smallest absolute Gasteiger partial charge is 0.0285 e. The monoisotopic (exact) mass is 296 g/mol. The Bertz CT molecular complexity index is 856. The first kappa shape index (κ1) is 14.0. The molecule has 0 saturated carbocycles. The van der Waals surface area contributed by atoms with Gasteiger partial charge in [0.15, 0.2) is 0 Å². The Morgan fingerprint density at radius 3 is 2.30 bits per heavy atom. The zero-order chi connectivity index (χ0) is 15.6. The molecule has 3 aromatic carbocycles. The van der Waals surface area contributed by atoms with Crippen molar-refractivity contribution in [3.8, 4) is 11.1 Å². The quantitative estimate of drug-likeness (QED) is 0.550. The molecule has 0 amide bonds. The van der Waals surface area contributed by atoms with E-state index in [1.807, 2.05) is 0 Å². The van der Waals surface area contributed by atoms with Crippen molar-refractivity contribution in [1.29, 1.82) is 0 Å². The number of hydrogen-bond donors (Lipinski definition) is 0. The van der Waals surface area contributed by atoms with Crippen LogP contribution in [0.5, 0.6) is 0 Å². The molecule has 1 aliphatic rings. The molecule has 0 aliphatic heterocycles. The van der Waals surface area contributed by atoms with Crippen LogP contribution in [0, 0.1) is 0 Å². The van der Waals surface area contributed by atoms with Gasteiger partial charge in [-0.25, -0.2) is 0 Å². The first-order valence-corrected chi connectivity index (χ1v) is 8.33. The van der Waals surface area contributed by atoms with Crippen molar-refractivity contribution in [3.63, 3.8) is 0 Å². The topological polar surface area (TPSA) is 0 Å². The maximum atomic E-state index is 2.35. The van der Waals surface area contributed by atoms with Crippen LogP contribution in [0.1, 0.15) is 35.1 Å².